The highest BCUT2D eigenvalue weighted by atomic mass is 35.5. The molecule has 1 N–H and O–H groups in total. The maximum Gasteiger partial charge on any atom is 0.236 e. The van der Waals surface area contributed by atoms with E-state index in [0.717, 1.165) is 36.8 Å². The summed E-state index contributed by atoms with van der Waals surface area (Å²) in [6.45, 7) is 5.87. The predicted octanol–water partition coefficient (Wildman–Crippen LogP) is 1.76. The van der Waals surface area contributed by atoms with Gasteiger partial charge in [0.2, 0.25) is 5.91 Å². The lowest BCUT2D eigenvalue weighted by Gasteiger charge is -2.31. The van der Waals surface area contributed by atoms with Crippen LogP contribution in [0.25, 0.3) is 0 Å². The van der Waals surface area contributed by atoms with Gasteiger partial charge in [-0.1, -0.05) is 29.8 Å². The van der Waals surface area contributed by atoms with Crippen LogP contribution >= 0.6 is 11.6 Å². The van der Waals surface area contributed by atoms with E-state index < -0.39 is 0 Å². The average Bonchev–Trinajstić information content (AvgIpc) is 2.48. The van der Waals surface area contributed by atoms with Gasteiger partial charge in [-0.25, -0.2) is 0 Å². The third kappa shape index (κ3) is 3.72. The van der Waals surface area contributed by atoms with Gasteiger partial charge in [0.1, 0.15) is 0 Å². The summed E-state index contributed by atoms with van der Waals surface area (Å²) in [6.07, 6.45) is 0. The number of likely N-dealkylation sites (N-methyl/N-ethyl adjacent to an activating group) is 1. The minimum absolute atomic E-state index is 0.121. The van der Waals surface area contributed by atoms with Crippen molar-refractivity contribution in [1.29, 1.82) is 0 Å². The zero-order valence-electron chi connectivity index (χ0n) is 12.1. The van der Waals surface area contributed by atoms with Gasteiger partial charge in [0, 0.05) is 37.2 Å². The quantitative estimate of drug-likeness (QED) is 0.919. The number of carbonyl (C=O) groups is 1. The van der Waals surface area contributed by atoms with Crippen molar-refractivity contribution in [2.24, 2.45) is 0 Å². The number of hydrogen-bond donors (Lipinski definition) is 1. The molecule has 0 aromatic heterocycles. The summed E-state index contributed by atoms with van der Waals surface area (Å²) < 4.78 is 0. The summed E-state index contributed by atoms with van der Waals surface area (Å²) in [6, 6.07) is 7.92. The summed E-state index contributed by atoms with van der Waals surface area (Å²) in [5.41, 5.74) is 1.06. The molecule has 1 heterocycles. The molecule has 1 aliphatic heterocycles. The van der Waals surface area contributed by atoms with Gasteiger partial charge in [-0.3, -0.25) is 9.69 Å². The van der Waals surface area contributed by atoms with Crippen LogP contribution in [-0.4, -0.2) is 55.5 Å². The molecular formula is C15H22ClN3O. The molecule has 0 spiro atoms. The van der Waals surface area contributed by atoms with Crippen LogP contribution in [0.5, 0.6) is 0 Å². The Morgan fingerprint density at radius 2 is 2.05 bits per heavy atom. The SMILES string of the molecule is CC(c1ccccc1Cl)N(C)CC(=O)N1CCNCC1. The number of rotatable bonds is 4. The zero-order valence-corrected chi connectivity index (χ0v) is 12.9. The van der Waals surface area contributed by atoms with Crippen molar-refractivity contribution in [3.05, 3.63) is 34.9 Å². The van der Waals surface area contributed by atoms with E-state index in [9.17, 15) is 4.79 Å². The first-order valence-corrected chi connectivity index (χ1v) is 7.40. The monoisotopic (exact) mass is 295 g/mol. The van der Waals surface area contributed by atoms with Gasteiger partial charge in [0.05, 0.1) is 6.54 Å². The van der Waals surface area contributed by atoms with Crippen LogP contribution in [0, 0.1) is 0 Å². The second-order valence-electron chi connectivity index (χ2n) is 5.24. The first kappa shape index (κ1) is 15.3. The van der Waals surface area contributed by atoms with E-state index in [-0.39, 0.29) is 11.9 Å². The number of piperazine rings is 1. The number of nitrogens with one attached hydrogen (secondary N) is 1. The normalized spacial score (nSPS) is 17.3. The van der Waals surface area contributed by atoms with Crippen molar-refractivity contribution >= 4 is 17.5 Å². The maximum absolute atomic E-state index is 12.3. The third-order valence-electron chi connectivity index (χ3n) is 3.87. The molecule has 1 amide bonds. The fourth-order valence-corrected chi connectivity index (χ4v) is 2.71. The molecule has 0 saturated carbocycles. The van der Waals surface area contributed by atoms with Gasteiger partial charge in [-0.05, 0) is 25.6 Å². The molecule has 0 radical (unpaired) electrons. The van der Waals surface area contributed by atoms with Crippen LogP contribution in [0.3, 0.4) is 0 Å². The van der Waals surface area contributed by atoms with Crippen LogP contribution in [-0.2, 0) is 4.79 Å². The standard InChI is InChI=1S/C15H22ClN3O/c1-12(13-5-3-4-6-14(13)16)18(2)11-15(20)19-9-7-17-8-10-19/h3-6,12,17H,7-11H2,1-2H3. The first-order valence-electron chi connectivity index (χ1n) is 7.02. The van der Waals surface area contributed by atoms with Crippen molar-refractivity contribution in [1.82, 2.24) is 15.1 Å². The fourth-order valence-electron chi connectivity index (χ4n) is 2.42. The summed E-state index contributed by atoms with van der Waals surface area (Å²) >= 11 is 6.22. The molecule has 1 saturated heterocycles. The van der Waals surface area contributed by atoms with Crippen LogP contribution in [0.2, 0.25) is 5.02 Å². The van der Waals surface area contributed by atoms with E-state index in [4.69, 9.17) is 11.6 Å². The number of benzene rings is 1. The summed E-state index contributed by atoms with van der Waals surface area (Å²) in [5.74, 6) is 0.188. The van der Waals surface area contributed by atoms with Crippen LogP contribution in [0.1, 0.15) is 18.5 Å². The van der Waals surface area contributed by atoms with Crippen molar-refractivity contribution in [2.75, 3.05) is 39.8 Å². The molecule has 0 aliphatic carbocycles. The fraction of sp³-hybridized carbons (Fsp3) is 0.533. The second-order valence-corrected chi connectivity index (χ2v) is 5.65. The Bertz CT molecular complexity index is 460. The number of hydrogen-bond acceptors (Lipinski definition) is 3. The lowest BCUT2D eigenvalue weighted by molar-refractivity contribution is -0.133. The molecule has 110 valence electrons. The van der Waals surface area contributed by atoms with Crippen LogP contribution in [0.15, 0.2) is 24.3 Å². The van der Waals surface area contributed by atoms with Gasteiger partial charge in [0.15, 0.2) is 0 Å². The van der Waals surface area contributed by atoms with E-state index in [1.54, 1.807) is 0 Å². The lowest BCUT2D eigenvalue weighted by Crippen LogP contribution is -2.49. The minimum Gasteiger partial charge on any atom is -0.339 e. The number of halogens is 1. The Morgan fingerprint density at radius 1 is 1.40 bits per heavy atom. The van der Waals surface area contributed by atoms with E-state index in [0.29, 0.717) is 6.54 Å². The van der Waals surface area contributed by atoms with Gasteiger partial charge < -0.3 is 10.2 Å². The molecular weight excluding hydrogens is 274 g/mol. The van der Waals surface area contributed by atoms with E-state index in [2.05, 4.69) is 12.2 Å². The van der Waals surface area contributed by atoms with Gasteiger partial charge in [-0.2, -0.15) is 0 Å². The van der Waals surface area contributed by atoms with Crippen LogP contribution < -0.4 is 5.32 Å². The van der Waals surface area contributed by atoms with Gasteiger partial charge in [-0.15, -0.1) is 0 Å². The summed E-state index contributed by atoms with van der Waals surface area (Å²) in [5, 5.41) is 4.01. The number of nitrogens with zero attached hydrogens (tertiary/aromatic N) is 2. The van der Waals surface area contributed by atoms with Crippen molar-refractivity contribution in [3.63, 3.8) is 0 Å². The highest BCUT2D eigenvalue weighted by Crippen LogP contribution is 2.25. The largest absolute Gasteiger partial charge is 0.339 e. The first-order chi connectivity index (χ1) is 9.59. The molecule has 0 bridgehead atoms. The third-order valence-corrected chi connectivity index (χ3v) is 4.22. The van der Waals surface area contributed by atoms with Gasteiger partial charge >= 0.3 is 0 Å². The molecule has 2 rings (SSSR count). The van der Waals surface area contributed by atoms with Crippen molar-refractivity contribution < 1.29 is 4.79 Å². The molecule has 1 fully saturated rings. The summed E-state index contributed by atoms with van der Waals surface area (Å²) in [4.78, 5) is 16.2. The number of amides is 1. The average molecular weight is 296 g/mol. The molecule has 1 unspecified atom stereocenters. The Labute approximate surface area is 125 Å². The molecule has 5 heteroatoms. The molecule has 1 aromatic rings. The highest BCUT2D eigenvalue weighted by molar-refractivity contribution is 6.31. The zero-order chi connectivity index (χ0) is 14.5. The molecule has 20 heavy (non-hydrogen) atoms. The Kier molecular flexibility index (Phi) is 5.40. The second kappa shape index (κ2) is 7.07. The van der Waals surface area contributed by atoms with Crippen LogP contribution in [0.4, 0.5) is 0 Å². The van der Waals surface area contributed by atoms with Crippen molar-refractivity contribution in [3.8, 4) is 0 Å². The highest BCUT2D eigenvalue weighted by Gasteiger charge is 2.21. The Balaban J connectivity index is 1.95. The van der Waals surface area contributed by atoms with Crippen molar-refractivity contribution in [2.45, 2.75) is 13.0 Å². The molecule has 1 atom stereocenters. The maximum atomic E-state index is 12.3. The predicted molar refractivity (Wildman–Crippen MR) is 81.9 cm³/mol. The molecule has 4 nitrogen and oxygen atoms in total. The van der Waals surface area contributed by atoms with E-state index in [1.165, 1.54) is 0 Å². The van der Waals surface area contributed by atoms with E-state index >= 15 is 0 Å². The smallest absolute Gasteiger partial charge is 0.236 e. The van der Waals surface area contributed by atoms with Gasteiger partial charge in [0.25, 0.3) is 0 Å². The topological polar surface area (TPSA) is 35.6 Å². The lowest BCUT2D eigenvalue weighted by atomic mass is 10.1. The number of carbonyl (C=O) groups excluding carboxylic acids is 1. The minimum atomic E-state index is 0.121. The molecule has 1 aromatic carbocycles. The molecule has 1 aliphatic rings. The Morgan fingerprint density at radius 3 is 2.70 bits per heavy atom. The van der Waals surface area contributed by atoms with E-state index in [1.807, 2.05) is 41.1 Å². The summed E-state index contributed by atoms with van der Waals surface area (Å²) in [7, 11) is 1.97. The Hall–Kier alpha value is -1.10.